The number of hydrogen-bond acceptors (Lipinski definition) is 6. The summed E-state index contributed by atoms with van der Waals surface area (Å²) in [5.41, 5.74) is 2.87. The van der Waals surface area contributed by atoms with Crippen LogP contribution >= 0.6 is 11.3 Å². The van der Waals surface area contributed by atoms with E-state index >= 15 is 0 Å². The first-order valence-electron chi connectivity index (χ1n) is 9.44. The minimum absolute atomic E-state index is 0.308. The summed E-state index contributed by atoms with van der Waals surface area (Å²) >= 11 is 1.79. The molecule has 1 aromatic carbocycles. The number of aromatic nitrogens is 4. The van der Waals surface area contributed by atoms with Gasteiger partial charge in [-0.25, -0.2) is 14.5 Å². The van der Waals surface area contributed by atoms with Gasteiger partial charge in [0, 0.05) is 4.88 Å². The Kier molecular flexibility index (Phi) is 4.02. The zero-order chi connectivity index (χ0) is 19.3. The third-order valence-corrected chi connectivity index (χ3v) is 6.47. The van der Waals surface area contributed by atoms with Gasteiger partial charge in [0.2, 0.25) is 0 Å². The SMILES string of the molecule is C[C@H]1CCc2c(sc3ncn4nc([C@H](C)Oc5ccc(C#N)cc5)nc4c23)C1. The molecule has 6 nitrogen and oxygen atoms in total. The lowest BCUT2D eigenvalue weighted by Crippen LogP contribution is -2.08. The van der Waals surface area contributed by atoms with Crippen molar-refractivity contribution < 1.29 is 4.74 Å². The highest BCUT2D eigenvalue weighted by atomic mass is 32.1. The first kappa shape index (κ1) is 17.1. The second-order valence-corrected chi connectivity index (χ2v) is 8.49. The van der Waals surface area contributed by atoms with Crippen LogP contribution in [0, 0.1) is 17.2 Å². The van der Waals surface area contributed by atoms with Crippen LogP contribution in [-0.4, -0.2) is 19.6 Å². The fourth-order valence-electron chi connectivity index (χ4n) is 3.79. The Morgan fingerprint density at radius 1 is 1.32 bits per heavy atom. The third kappa shape index (κ3) is 2.81. The summed E-state index contributed by atoms with van der Waals surface area (Å²) in [5.74, 6) is 2.05. The standard InChI is InChI=1S/C21H19N5OS/c1-12-3-8-16-17(9-12)28-21-18(16)20-24-19(25-26(20)11-23-21)13(2)27-15-6-4-14(10-22)5-7-15/h4-7,11-13H,3,8-9H2,1-2H3/t12-,13-/m0/s1. The molecule has 0 amide bonds. The van der Waals surface area contributed by atoms with Crippen LogP contribution in [0.1, 0.15) is 48.2 Å². The fourth-order valence-corrected chi connectivity index (χ4v) is 5.14. The number of aryl methyl sites for hydroxylation is 1. The van der Waals surface area contributed by atoms with Crippen molar-refractivity contribution in [1.29, 1.82) is 5.26 Å². The molecule has 4 aromatic rings. The van der Waals surface area contributed by atoms with Gasteiger partial charge in [0.25, 0.3) is 0 Å². The van der Waals surface area contributed by atoms with E-state index in [1.807, 2.05) is 6.92 Å². The molecular weight excluding hydrogens is 370 g/mol. The molecule has 5 rings (SSSR count). The molecule has 0 saturated carbocycles. The van der Waals surface area contributed by atoms with Crippen molar-refractivity contribution in [1.82, 2.24) is 19.6 Å². The average molecular weight is 389 g/mol. The zero-order valence-corrected chi connectivity index (χ0v) is 16.5. The van der Waals surface area contributed by atoms with Gasteiger partial charge in [0.05, 0.1) is 17.0 Å². The normalized spacial score (nSPS) is 17.4. The van der Waals surface area contributed by atoms with Crippen molar-refractivity contribution in [3.05, 3.63) is 52.4 Å². The Bertz CT molecular complexity index is 1220. The van der Waals surface area contributed by atoms with Crippen LogP contribution in [0.4, 0.5) is 0 Å². The number of rotatable bonds is 3. The molecule has 0 N–H and O–H groups in total. The van der Waals surface area contributed by atoms with Crippen LogP contribution < -0.4 is 4.74 Å². The van der Waals surface area contributed by atoms with Crippen LogP contribution in [0.5, 0.6) is 5.75 Å². The molecular formula is C21H19N5OS. The first-order valence-corrected chi connectivity index (χ1v) is 10.3. The van der Waals surface area contributed by atoms with Crippen molar-refractivity contribution in [2.45, 2.75) is 39.2 Å². The van der Waals surface area contributed by atoms with Crippen molar-refractivity contribution >= 4 is 27.2 Å². The van der Waals surface area contributed by atoms with Gasteiger partial charge in [-0.05, 0) is 61.9 Å². The molecule has 1 aliphatic carbocycles. The summed E-state index contributed by atoms with van der Waals surface area (Å²) in [4.78, 5) is 11.9. The predicted octanol–water partition coefficient (Wildman–Crippen LogP) is 4.48. The third-order valence-electron chi connectivity index (χ3n) is 5.31. The summed E-state index contributed by atoms with van der Waals surface area (Å²) in [6.07, 6.45) is 4.85. The van der Waals surface area contributed by atoms with Crippen molar-refractivity contribution in [3.63, 3.8) is 0 Å². The average Bonchev–Trinajstić information content (AvgIpc) is 3.28. The molecule has 1 aliphatic rings. The molecule has 28 heavy (non-hydrogen) atoms. The van der Waals surface area contributed by atoms with Gasteiger partial charge in [0.1, 0.15) is 16.9 Å². The number of thiophene rings is 1. The Morgan fingerprint density at radius 3 is 2.93 bits per heavy atom. The van der Waals surface area contributed by atoms with Crippen molar-refractivity contribution in [3.8, 4) is 11.8 Å². The van der Waals surface area contributed by atoms with E-state index in [0.717, 1.165) is 34.6 Å². The highest BCUT2D eigenvalue weighted by Gasteiger charge is 2.24. The van der Waals surface area contributed by atoms with Crippen molar-refractivity contribution in [2.75, 3.05) is 0 Å². The Labute approximate surface area is 166 Å². The van der Waals surface area contributed by atoms with E-state index in [1.165, 1.54) is 16.9 Å². The maximum absolute atomic E-state index is 8.92. The fraction of sp³-hybridized carbons (Fsp3) is 0.333. The van der Waals surface area contributed by atoms with Crippen LogP contribution in [0.3, 0.4) is 0 Å². The molecule has 0 saturated heterocycles. The van der Waals surface area contributed by atoms with E-state index in [0.29, 0.717) is 17.1 Å². The minimum atomic E-state index is -0.308. The molecule has 0 spiro atoms. The monoisotopic (exact) mass is 389 g/mol. The van der Waals surface area contributed by atoms with E-state index in [9.17, 15) is 0 Å². The molecule has 0 bridgehead atoms. The Morgan fingerprint density at radius 2 is 2.14 bits per heavy atom. The molecule has 3 aromatic heterocycles. The van der Waals surface area contributed by atoms with E-state index in [4.69, 9.17) is 15.0 Å². The molecule has 0 radical (unpaired) electrons. The summed E-state index contributed by atoms with van der Waals surface area (Å²) in [5, 5.41) is 14.7. The second kappa shape index (κ2) is 6.57. The van der Waals surface area contributed by atoms with Crippen LogP contribution in [0.15, 0.2) is 30.6 Å². The summed E-state index contributed by atoms with van der Waals surface area (Å²) < 4.78 is 7.75. The zero-order valence-electron chi connectivity index (χ0n) is 15.7. The van der Waals surface area contributed by atoms with Gasteiger partial charge in [-0.2, -0.15) is 5.26 Å². The van der Waals surface area contributed by atoms with Crippen LogP contribution in [-0.2, 0) is 12.8 Å². The number of nitrogens with zero attached hydrogens (tertiary/aromatic N) is 5. The number of benzene rings is 1. The quantitative estimate of drug-likeness (QED) is 0.516. The maximum Gasteiger partial charge on any atom is 0.192 e. The number of nitriles is 1. The lowest BCUT2D eigenvalue weighted by molar-refractivity contribution is 0.216. The first-order chi connectivity index (χ1) is 13.6. The van der Waals surface area contributed by atoms with Gasteiger partial charge < -0.3 is 4.74 Å². The predicted molar refractivity (Wildman–Crippen MR) is 108 cm³/mol. The summed E-state index contributed by atoms with van der Waals surface area (Å²) in [6, 6.07) is 9.18. The lowest BCUT2D eigenvalue weighted by atomic mass is 9.89. The van der Waals surface area contributed by atoms with E-state index in [2.05, 4.69) is 23.1 Å². The van der Waals surface area contributed by atoms with Gasteiger partial charge in [-0.3, -0.25) is 0 Å². The number of ether oxygens (including phenoxy) is 1. The van der Waals surface area contributed by atoms with Gasteiger partial charge in [0.15, 0.2) is 17.6 Å². The lowest BCUT2D eigenvalue weighted by Gasteiger charge is -2.17. The van der Waals surface area contributed by atoms with Crippen LogP contribution in [0.25, 0.3) is 15.9 Å². The smallest absolute Gasteiger partial charge is 0.192 e. The molecule has 0 aliphatic heterocycles. The van der Waals surface area contributed by atoms with Crippen LogP contribution in [0.2, 0.25) is 0 Å². The van der Waals surface area contributed by atoms with E-state index in [1.54, 1.807) is 46.4 Å². The van der Waals surface area contributed by atoms with Crippen molar-refractivity contribution in [2.24, 2.45) is 5.92 Å². The van der Waals surface area contributed by atoms with Gasteiger partial charge in [-0.15, -0.1) is 16.4 Å². The summed E-state index contributed by atoms with van der Waals surface area (Å²) in [7, 11) is 0. The Hall–Kier alpha value is -2.98. The minimum Gasteiger partial charge on any atom is -0.483 e. The topological polar surface area (TPSA) is 76.1 Å². The Balaban J connectivity index is 1.52. The number of hydrogen-bond donors (Lipinski definition) is 0. The molecule has 3 heterocycles. The number of fused-ring (bicyclic) bond motifs is 5. The van der Waals surface area contributed by atoms with E-state index in [-0.39, 0.29) is 6.10 Å². The largest absolute Gasteiger partial charge is 0.483 e. The molecule has 0 fully saturated rings. The highest BCUT2D eigenvalue weighted by Crippen LogP contribution is 2.38. The molecule has 2 atom stereocenters. The summed E-state index contributed by atoms with van der Waals surface area (Å²) in [6.45, 7) is 4.25. The highest BCUT2D eigenvalue weighted by molar-refractivity contribution is 7.19. The maximum atomic E-state index is 8.92. The molecule has 140 valence electrons. The molecule has 7 heteroatoms. The van der Waals surface area contributed by atoms with Gasteiger partial charge >= 0.3 is 0 Å². The van der Waals surface area contributed by atoms with E-state index < -0.39 is 0 Å². The molecule has 0 unspecified atom stereocenters. The second-order valence-electron chi connectivity index (χ2n) is 7.41. The van der Waals surface area contributed by atoms with Gasteiger partial charge in [-0.1, -0.05) is 6.92 Å².